The first-order valence-electron chi connectivity index (χ1n) is 5.83. The zero-order chi connectivity index (χ0) is 14.8. The van der Waals surface area contributed by atoms with Crippen LogP contribution in [0.15, 0.2) is 39.8 Å². The van der Waals surface area contributed by atoms with Crippen LogP contribution in [-0.4, -0.2) is 24.9 Å². The minimum Gasteiger partial charge on any atom is -0.361 e. The number of nitriles is 1. The lowest BCUT2D eigenvalue weighted by molar-refractivity contribution is 0.378. The summed E-state index contributed by atoms with van der Waals surface area (Å²) in [4.78, 5) is -0.00906. The molecule has 0 N–H and O–H groups in total. The molecule has 20 heavy (non-hydrogen) atoms. The van der Waals surface area contributed by atoms with Crippen LogP contribution in [0.1, 0.15) is 17.0 Å². The molecule has 0 fully saturated rings. The van der Waals surface area contributed by atoms with E-state index in [1.807, 2.05) is 6.07 Å². The Morgan fingerprint density at radius 3 is 2.70 bits per heavy atom. The van der Waals surface area contributed by atoms with Gasteiger partial charge in [0, 0.05) is 13.1 Å². The third kappa shape index (κ3) is 2.71. The van der Waals surface area contributed by atoms with Crippen molar-refractivity contribution < 1.29 is 12.9 Å². The summed E-state index contributed by atoms with van der Waals surface area (Å²) in [5.74, 6) is 0.614. The highest BCUT2D eigenvalue weighted by Gasteiger charge is 2.24. The Labute approximate surface area is 117 Å². The Morgan fingerprint density at radius 2 is 2.10 bits per heavy atom. The first kappa shape index (κ1) is 14.2. The molecule has 0 aliphatic rings. The van der Waals surface area contributed by atoms with Gasteiger partial charge in [-0.05, 0) is 19.1 Å². The number of sulfonamides is 1. The van der Waals surface area contributed by atoms with Crippen LogP contribution in [-0.2, 0) is 16.6 Å². The number of aromatic nitrogens is 1. The first-order valence-corrected chi connectivity index (χ1v) is 7.27. The van der Waals surface area contributed by atoms with Crippen LogP contribution in [0.5, 0.6) is 0 Å². The Bertz CT molecular complexity index is 759. The summed E-state index contributed by atoms with van der Waals surface area (Å²) in [5.41, 5.74) is 0.638. The highest BCUT2D eigenvalue weighted by atomic mass is 32.2. The molecular formula is C13H13N3O3S. The molecule has 1 heterocycles. The normalized spacial score (nSPS) is 11.5. The molecule has 0 saturated carbocycles. The quantitative estimate of drug-likeness (QED) is 0.855. The second-order valence-corrected chi connectivity index (χ2v) is 6.31. The van der Waals surface area contributed by atoms with E-state index in [1.165, 1.54) is 19.2 Å². The molecule has 0 amide bonds. The summed E-state index contributed by atoms with van der Waals surface area (Å²) in [7, 11) is -2.30. The summed E-state index contributed by atoms with van der Waals surface area (Å²) in [6.45, 7) is 1.81. The molecule has 2 aromatic rings. The minimum absolute atomic E-state index is 0.00906. The van der Waals surface area contributed by atoms with E-state index in [1.54, 1.807) is 25.1 Å². The number of nitrogens with zero attached hydrogens (tertiary/aromatic N) is 3. The number of hydrogen-bond acceptors (Lipinski definition) is 5. The molecule has 6 nitrogen and oxygen atoms in total. The molecule has 0 bridgehead atoms. The topological polar surface area (TPSA) is 87.2 Å². The van der Waals surface area contributed by atoms with Gasteiger partial charge in [-0.1, -0.05) is 17.3 Å². The van der Waals surface area contributed by atoms with Crippen molar-refractivity contribution in [2.24, 2.45) is 0 Å². The molecule has 0 atom stereocenters. The standard InChI is InChI=1S/C13H13N3O3S/c1-10-7-12(15-19-10)9-16(2)20(17,18)13-6-4-3-5-11(13)8-14/h3-7H,9H2,1-2H3. The Balaban J connectivity index is 2.32. The predicted octanol–water partition coefficient (Wildman–Crippen LogP) is 1.68. The number of aryl methyl sites for hydroxylation is 1. The van der Waals surface area contributed by atoms with E-state index in [4.69, 9.17) is 9.78 Å². The summed E-state index contributed by atoms with van der Waals surface area (Å²) < 4.78 is 30.9. The van der Waals surface area contributed by atoms with Crippen molar-refractivity contribution in [3.05, 3.63) is 47.3 Å². The van der Waals surface area contributed by atoms with Crippen LogP contribution >= 0.6 is 0 Å². The van der Waals surface area contributed by atoms with Gasteiger partial charge < -0.3 is 4.52 Å². The average molecular weight is 291 g/mol. The molecule has 0 aliphatic heterocycles. The van der Waals surface area contributed by atoms with Gasteiger partial charge in [0.2, 0.25) is 10.0 Å². The van der Waals surface area contributed by atoms with E-state index in [9.17, 15) is 8.42 Å². The third-order valence-electron chi connectivity index (χ3n) is 2.76. The smallest absolute Gasteiger partial charge is 0.244 e. The van der Waals surface area contributed by atoms with Gasteiger partial charge >= 0.3 is 0 Å². The molecule has 0 radical (unpaired) electrons. The van der Waals surface area contributed by atoms with Gasteiger partial charge in [-0.25, -0.2) is 8.42 Å². The molecule has 0 aliphatic carbocycles. The van der Waals surface area contributed by atoms with E-state index in [0.29, 0.717) is 11.5 Å². The fourth-order valence-corrected chi connectivity index (χ4v) is 3.04. The fourth-order valence-electron chi connectivity index (χ4n) is 1.76. The SMILES string of the molecule is Cc1cc(CN(C)S(=O)(=O)c2ccccc2C#N)no1. The molecule has 7 heteroatoms. The van der Waals surface area contributed by atoms with E-state index < -0.39 is 10.0 Å². The lowest BCUT2D eigenvalue weighted by Gasteiger charge is -2.16. The van der Waals surface area contributed by atoms with Crippen LogP contribution < -0.4 is 0 Å². The van der Waals surface area contributed by atoms with Gasteiger partial charge in [0.05, 0.1) is 22.7 Å². The van der Waals surface area contributed by atoms with Crippen molar-refractivity contribution in [2.45, 2.75) is 18.4 Å². The van der Waals surface area contributed by atoms with Gasteiger partial charge in [-0.2, -0.15) is 9.57 Å². The fraction of sp³-hybridized carbons (Fsp3) is 0.231. The van der Waals surface area contributed by atoms with Crippen LogP contribution in [0.25, 0.3) is 0 Å². The number of benzene rings is 1. The van der Waals surface area contributed by atoms with E-state index >= 15 is 0 Å². The van der Waals surface area contributed by atoms with Crippen LogP contribution in [0, 0.1) is 18.3 Å². The second-order valence-electron chi connectivity index (χ2n) is 4.30. The molecule has 1 aromatic carbocycles. The maximum absolute atomic E-state index is 12.4. The maximum atomic E-state index is 12.4. The molecule has 0 saturated heterocycles. The second kappa shape index (κ2) is 5.45. The van der Waals surface area contributed by atoms with Crippen LogP contribution in [0.4, 0.5) is 0 Å². The summed E-state index contributed by atoms with van der Waals surface area (Å²) >= 11 is 0. The maximum Gasteiger partial charge on any atom is 0.244 e. The van der Waals surface area contributed by atoms with Gasteiger partial charge in [-0.3, -0.25) is 0 Å². The van der Waals surface area contributed by atoms with Gasteiger partial charge in [0.25, 0.3) is 0 Å². The molecule has 0 unspecified atom stereocenters. The highest BCUT2D eigenvalue weighted by molar-refractivity contribution is 7.89. The first-order chi connectivity index (χ1) is 9.45. The van der Waals surface area contributed by atoms with Crippen LogP contribution in [0.2, 0.25) is 0 Å². The van der Waals surface area contributed by atoms with Gasteiger partial charge in [0.15, 0.2) is 0 Å². The average Bonchev–Trinajstić information content (AvgIpc) is 2.84. The monoisotopic (exact) mass is 291 g/mol. The van der Waals surface area contributed by atoms with E-state index in [2.05, 4.69) is 5.16 Å². The Morgan fingerprint density at radius 1 is 1.40 bits per heavy atom. The molecule has 2 rings (SSSR count). The molecule has 0 spiro atoms. The largest absolute Gasteiger partial charge is 0.361 e. The number of rotatable bonds is 4. The van der Waals surface area contributed by atoms with Crippen molar-refractivity contribution >= 4 is 10.0 Å². The zero-order valence-electron chi connectivity index (χ0n) is 11.1. The highest BCUT2D eigenvalue weighted by Crippen LogP contribution is 2.20. The summed E-state index contributed by atoms with van der Waals surface area (Å²) in [6, 6.07) is 9.65. The lowest BCUT2D eigenvalue weighted by atomic mass is 10.2. The van der Waals surface area contributed by atoms with Crippen molar-refractivity contribution in [1.29, 1.82) is 5.26 Å². The van der Waals surface area contributed by atoms with Crippen molar-refractivity contribution in [1.82, 2.24) is 9.46 Å². The minimum atomic E-state index is -3.74. The van der Waals surface area contributed by atoms with E-state index in [0.717, 1.165) is 4.31 Å². The summed E-state index contributed by atoms with van der Waals surface area (Å²) in [6.07, 6.45) is 0. The van der Waals surface area contributed by atoms with E-state index in [-0.39, 0.29) is 17.0 Å². The Hall–Kier alpha value is -2.17. The number of hydrogen-bond donors (Lipinski definition) is 0. The lowest BCUT2D eigenvalue weighted by Crippen LogP contribution is -2.27. The third-order valence-corrected chi connectivity index (χ3v) is 4.62. The summed E-state index contributed by atoms with van der Waals surface area (Å²) in [5, 5.41) is 12.8. The zero-order valence-corrected chi connectivity index (χ0v) is 11.9. The predicted molar refractivity (Wildman–Crippen MR) is 71.0 cm³/mol. The molecule has 1 aromatic heterocycles. The van der Waals surface area contributed by atoms with Crippen molar-refractivity contribution in [3.63, 3.8) is 0 Å². The molecule has 104 valence electrons. The van der Waals surface area contributed by atoms with Crippen LogP contribution in [0.3, 0.4) is 0 Å². The molecular weight excluding hydrogens is 278 g/mol. The van der Waals surface area contributed by atoms with Crippen molar-refractivity contribution in [2.75, 3.05) is 7.05 Å². The Kier molecular flexibility index (Phi) is 3.88. The van der Waals surface area contributed by atoms with Gasteiger partial charge in [0.1, 0.15) is 11.8 Å². The van der Waals surface area contributed by atoms with Crippen molar-refractivity contribution in [3.8, 4) is 6.07 Å². The van der Waals surface area contributed by atoms with Gasteiger partial charge in [-0.15, -0.1) is 0 Å².